The Kier molecular flexibility index (Phi) is 4.85. The van der Waals surface area contributed by atoms with Crippen molar-refractivity contribution in [1.82, 2.24) is 4.90 Å². The highest BCUT2D eigenvalue weighted by molar-refractivity contribution is 5.94. The predicted molar refractivity (Wildman–Crippen MR) is 90.1 cm³/mol. The highest BCUT2D eigenvalue weighted by Gasteiger charge is 2.27. The quantitative estimate of drug-likeness (QED) is 0.932. The van der Waals surface area contributed by atoms with E-state index in [2.05, 4.69) is 4.90 Å². The number of anilines is 1. The van der Waals surface area contributed by atoms with Crippen LogP contribution in [0.25, 0.3) is 0 Å². The largest absolute Gasteiger partial charge is 0.369 e. The van der Waals surface area contributed by atoms with E-state index >= 15 is 0 Å². The number of hydrogen-bond donors (Lipinski definition) is 1. The average molecular weight is 319 g/mol. The van der Waals surface area contributed by atoms with Gasteiger partial charge in [-0.3, -0.25) is 4.79 Å². The average Bonchev–Trinajstić information content (AvgIpc) is 3.08. The zero-order valence-electron chi connectivity index (χ0n) is 13.8. The van der Waals surface area contributed by atoms with Gasteiger partial charge in [-0.15, -0.1) is 0 Å². The summed E-state index contributed by atoms with van der Waals surface area (Å²) in [7, 11) is 0. The van der Waals surface area contributed by atoms with E-state index in [-0.39, 0.29) is 17.8 Å². The summed E-state index contributed by atoms with van der Waals surface area (Å²) in [4.78, 5) is 16.5. The molecule has 0 aromatic heterocycles. The first-order chi connectivity index (χ1) is 11.1. The van der Waals surface area contributed by atoms with Crippen molar-refractivity contribution in [3.8, 4) is 0 Å². The highest BCUT2D eigenvalue weighted by atomic mass is 19.1. The lowest BCUT2D eigenvalue weighted by Gasteiger charge is -2.34. The summed E-state index contributed by atoms with van der Waals surface area (Å²) in [6.45, 7) is 5.19. The Hall–Kier alpha value is -1.62. The monoisotopic (exact) mass is 319 g/mol. The molecule has 5 heteroatoms. The maximum Gasteiger partial charge on any atom is 0.253 e. The molecule has 3 rings (SSSR count). The zero-order chi connectivity index (χ0) is 16.4. The fourth-order valence-electron chi connectivity index (χ4n) is 3.66. The molecule has 2 aliphatic rings. The van der Waals surface area contributed by atoms with Gasteiger partial charge in [0.25, 0.3) is 5.91 Å². The number of likely N-dealkylation sites (tertiary alicyclic amines) is 1. The molecule has 2 aliphatic heterocycles. The van der Waals surface area contributed by atoms with Gasteiger partial charge in [-0.25, -0.2) is 4.39 Å². The smallest absolute Gasteiger partial charge is 0.253 e. The first kappa shape index (κ1) is 16.2. The number of benzene rings is 1. The molecular formula is C18H26FN3O. The van der Waals surface area contributed by atoms with Crippen LogP contribution in [0, 0.1) is 11.7 Å². The first-order valence-corrected chi connectivity index (χ1v) is 8.65. The topological polar surface area (TPSA) is 49.6 Å². The molecule has 2 atom stereocenters. The standard InChI is InChI=1S/C18H26FN3O/c1-13(20)15-5-4-10-22(12-15)18(23)14-6-7-17(16(19)11-14)21-8-2-3-9-21/h6-7,11,13,15H,2-5,8-10,12,20H2,1H3. The summed E-state index contributed by atoms with van der Waals surface area (Å²) >= 11 is 0. The van der Waals surface area contributed by atoms with Gasteiger partial charge in [-0.1, -0.05) is 0 Å². The Balaban J connectivity index is 1.73. The predicted octanol–water partition coefficient (Wildman–Crippen LogP) is 2.63. The van der Waals surface area contributed by atoms with E-state index in [1.54, 1.807) is 12.1 Å². The second-order valence-corrected chi connectivity index (χ2v) is 6.87. The van der Waals surface area contributed by atoms with Crippen LogP contribution < -0.4 is 10.6 Å². The van der Waals surface area contributed by atoms with Crippen LogP contribution in [0.15, 0.2) is 18.2 Å². The van der Waals surface area contributed by atoms with Gasteiger partial charge in [0.2, 0.25) is 0 Å². The summed E-state index contributed by atoms with van der Waals surface area (Å²) < 4.78 is 14.4. The Labute approximate surface area is 137 Å². The van der Waals surface area contributed by atoms with Crippen LogP contribution in [0.2, 0.25) is 0 Å². The fourth-order valence-corrected chi connectivity index (χ4v) is 3.66. The van der Waals surface area contributed by atoms with Crippen LogP contribution >= 0.6 is 0 Å². The lowest BCUT2D eigenvalue weighted by Crippen LogP contribution is -2.45. The maximum absolute atomic E-state index is 14.4. The first-order valence-electron chi connectivity index (χ1n) is 8.65. The molecule has 0 aliphatic carbocycles. The summed E-state index contributed by atoms with van der Waals surface area (Å²) in [6.07, 6.45) is 4.23. The van der Waals surface area contributed by atoms with Crippen LogP contribution in [0.3, 0.4) is 0 Å². The van der Waals surface area contributed by atoms with Gasteiger partial charge in [0.1, 0.15) is 5.82 Å². The molecule has 2 saturated heterocycles. The van der Waals surface area contributed by atoms with Gasteiger partial charge in [0.15, 0.2) is 0 Å². The lowest BCUT2D eigenvalue weighted by molar-refractivity contribution is 0.0660. The van der Waals surface area contributed by atoms with Crippen LogP contribution in [0.4, 0.5) is 10.1 Å². The number of nitrogens with zero attached hydrogens (tertiary/aromatic N) is 2. The van der Waals surface area contributed by atoms with Crippen molar-refractivity contribution in [3.05, 3.63) is 29.6 Å². The minimum atomic E-state index is -0.293. The molecule has 126 valence electrons. The van der Waals surface area contributed by atoms with E-state index in [9.17, 15) is 9.18 Å². The van der Waals surface area contributed by atoms with Crippen LogP contribution in [0.1, 0.15) is 43.0 Å². The summed E-state index contributed by atoms with van der Waals surface area (Å²) in [5.74, 6) is -0.0397. The number of carbonyl (C=O) groups is 1. The molecule has 1 amide bonds. The van der Waals surface area contributed by atoms with Crippen molar-refractivity contribution in [3.63, 3.8) is 0 Å². The van der Waals surface area contributed by atoms with E-state index in [0.29, 0.717) is 23.7 Å². The lowest BCUT2D eigenvalue weighted by atomic mass is 9.92. The van der Waals surface area contributed by atoms with Crippen LogP contribution in [-0.2, 0) is 0 Å². The fraction of sp³-hybridized carbons (Fsp3) is 0.611. The number of piperidine rings is 1. The Morgan fingerprint density at radius 3 is 2.65 bits per heavy atom. The zero-order valence-corrected chi connectivity index (χ0v) is 13.8. The number of nitrogens with two attached hydrogens (primary N) is 1. The van der Waals surface area contributed by atoms with Crippen molar-refractivity contribution in [1.29, 1.82) is 0 Å². The van der Waals surface area contributed by atoms with Crippen LogP contribution in [0.5, 0.6) is 0 Å². The molecule has 2 fully saturated rings. The minimum absolute atomic E-state index is 0.0813. The number of carbonyl (C=O) groups excluding carboxylic acids is 1. The van der Waals surface area contributed by atoms with Crippen molar-refractivity contribution in [2.24, 2.45) is 11.7 Å². The number of rotatable bonds is 3. The van der Waals surface area contributed by atoms with E-state index in [1.165, 1.54) is 6.07 Å². The van der Waals surface area contributed by atoms with Crippen molar-refractivity contribution in [2.75, 3.05) is 31.1 Å². The molecule has 23 heavy (non-hydrogen) atoms. The molecule has 2 N–H and O–H groups in total. The minimum Gasteiger partial charge on any atom is -0.369 e. The second-order valence-electron chi connectivity index (χ2n) is 6.87. The molecule has 0 radical (unpaired) electrons. The van der Waals surface area contributed by atoms with E-state index in [4.69, 9.17) is 5.73 Å². The van der Waals surface area contributed by atoms with Gasteiger partial charge in [0.05, 0.1) is 5.69 Å². The number of hydrogen-bond acceptors (Lipinski definition) is 3. The van der Waals surface area contributed by atoms with Crippen molar-refractivity contribution in [2.45, 2.75) is 38.6 Å². The molecule has 4 nitrogen and oxygen atoms in total. The molecule has 2 unspecified atom stereocenters. The normalized spacial score (nSPS) is 23.2. The van der Waals surface area contributed by atoms with E-state index in [0.717, 1.165) is 45.3 Å². The van der Waals surface area contributed by atoms with Crippen LogP contribution in [-0.4, -0.2) is 43.0 Å². The van der Waals surface area contributed by atoms with Gasteiger partial charge >= 0.3 is 0 Å². The number of halogens is 1. The maximum atomic E-state index is 14.4. The van der Waals surface area contributed by atoms with Crippen molar-refractivity contribution < 1.29 is 9.18 Å². The van der Waals surface area contributed by atoms with Gasteiger partial charge in [-0.05, 0) is 56.7 Å². The Bertz CT molecular complexity index is 569. The molecule has 0 bridgehead atoms. The molecule has 1 aromatic rings. The highest BCUT2D eigenvalue weighted by Crippen LogP contribution is 2.26. The van der Waals surface area contributed by atoms with Gasteiger partial charge in [0, 0.05) is 37.8 Å². The third kappa shape index (κ3) is 3.50. The molecule has 0 saturated carbocycles. The molecule has 1 aromatic carbocycles. The van der Waals surface area contributed by atoms with Gasteiger partial charge < -0.3 is 15.5 Å². The molecular weight excluding hydrogens is 293 g/mol. The molecule has 0 spiro atoms. The van der Waals surface area contributed by atoms with E-state index < -0.39 is 0 Å². The summed E-state index contributed by atoms with van der Waals surface area (Å²) in [6, 6.07) is 4.99. The van der Waals surface area contributed by atoms with E-state index in [1.807, 2.05) is 11.8 Å². The summed E-state index contributed by atoms with van der Waals surface area (Å²) in [5.41, 5.74) is 7.04. The third-order valence-corrected chi connectivity index (χ3v) is 5.13. The Morgan fingerprint density at radius 1 is 1.26 bits per heavy atom. The number of amides is 1. The third-order valence-electron chi connectivity index (χ3n) is 5.13. The summed E-state index contributed by atoms with van der Waals surface area (Å²) in [5, 5.41) is 0. The Morgan fingerprint density at radius 2 is 2.00 bits per heavy atom. The SMILES string of the molecule is CC(N)C1CCCN(C(=O)c2ccc(N3CCCC3)c(F)c2)C1. The molecule has 2 heterocycles. The van der Waals surface area contributed by atoms with Gasteiger partial charge in [-0.2, -0.15) is 0 Å². The van der Waals surface area contributed by atoms with Crippen molar-refractivity contribution >= 4 is 11.6 Å². The second kappa shape index (κ2) is 6.87.